The van der Waals surface area contributed by atoms with Crippen LogP contribution in [0.1, 0.15) is 17.7 Å². The van der Waals surface area contributed by atoms with Crippen LogP contribution in [0.4, 0.5) is 5.82 Å². The normalized spacial score (nSPS) is 12.6. The summed E-state index contributed by atoms with van der Waals surface area (Å²) in [6, 6.07) is 10.9. The largest absolute Gasteiger partial charge is 0.309 e. The highest BCUT2D eigenvalue weighted by Crippen LogP contribution is 2.13. The van der Waals surface area contributed by atoms with E-state index in [0.717, 1.165) is 11.3 Å². The van der Waals surface area contributed by atoms with Crippen molar-refractivity contribution in [3.05, 3.63) is 53.7 Å². The van der Waals surface area contributed by atoms with Gasteiger partial charge in [0.15, 0.2) is 0 Å². The van der Waals surface area contributed by atoms with E-state index in [-0.39, 0.29) is 4.90 Å². The standard InChI is InChI=1S/C18H23N3O3S2/c1-13-7-9-15(10-8-13)26(23,24)21-16(11-12-25-3)18(22)20-17-6-4-5-14(2)19-17/h4-10,16,21H,11-12H2,1-3H3,(H,19,20,22). The van der Waals surface area contributed by atoms with Crippen molar-refractivity contribution in [1.82, 2.24) is 9.71 Å². The lowest BCUT2D eigenvalue weighted by Gasteiger charge is -2.18. The van der Waals surface area contributed by atoms with Gasteiger partial charge in [-0.1, -0.05) is 23.8 Å². The van der Waals surface area contributed by atoms with Crippen LogP contribution in [0.3, 0.4) is 0 Å². The molecule has 6 nitrogen and oxygen atoms in total. The number of rotatable bonds is 8. The Kier molecular flexibility index (Phi) is 7.19. The first-order valence-corrected chi connectivity index (χ1v) is 11.0. The van der Waals surface area contributed by atoms with Gasteiger partial charge < -0.3 is 5.32 Å². The monoisotopic (exact) mass is 393 g/mol. The number of nitrogens with zero attached hydrogens (tertiary/aromatic N) is 1. The zero-order valence-corrected chi connectivity index (χ0v) is 16.7. The number of pyridine rings is 1. The van der Waals surface area contributed by atoms with Crippen molar-refractivity contribution >= 4 is 33.5 Å². The van der Waals surface area contributed by atoms with Crippen molar-refractivity contribution in [1.29, 1.82) is 0 Å². The number of sulfonamides is 1. The Hall–Kier alpha value is -1.90. The van der Waals surface area contributed by atoms with Gasteiger partial charge in [-0.2, -0.15) is 16.5 Å². The maximum atomic E-state index is 12.6. The molecule has 0 aliphatic carbocycles. The van der Waals surface area contributed by atoms with Crippen LogP contribution in [-0.2, 0) is 14.8 Å². The molecular formula is C18H23N3O3S2. The number of thioether (sulfide) groups is 1. The predicted molar refractivity (Wildman–Crippen MR) is 106 cm³/mol. The lowest BCUT2D eigenvalue weighted by Crippen LogP contribution is -2.44. The van der Waals surface area contributed by atoms with Gasteiger partial charge in [-0.3, -0.25) is 4.79 Å². The number of aromatic nitrogens is 1. The zero-order chi connectivity index (χ0) is 19.2. The molecule has 0 spiro atoms. The van der Waals surface area contributed by atoms with Gasteiger partial charge in [0.25, 0.3) is 0 Å². The molecule has 1 heterocycles. The molecule has 0 aliphatic rings. The number of carbonyl (C=O) groups excluding carboxylic acids is 1. The third kappa shape index (κ3) is 5.82. The minimum absolute atomic E-state index is 0.138. The fourth-order valence-corrected chi connectivity index (χ4v) is 3.98. The van der Waals surface area contributed by atoms with E-state index in [1.54, 1.807) is 36.0 Å². The highest BCUT2D eigenvalue weighted by atomic mass is 32.2. The zero-order valence-electron chi connectivity index (χ0n) is 15.0. The van der Waals surface area contributed by atoms with Crippen LogP contribution in [0, 0.1) is 13.8 Å². The molecule has 0 saturated heterocycles. The van der Waals surface area contributed by atoms with Gasteiger partial charge >= 0.3 is 0 Å². The molecule has 8 heteroatoms. The van der Waals surface area contributed by atoms with Gasteiger partial charge in [0.1, 0.15) is 11.9 Å². The first kappa shape index (κ1) is 20.4. The van der Waals surface area contributed by atoms with E-state index in [2.05, 4.69) is 15.0 Å². The third-order valence-electron chi connectivity index (χ3n) is 3.70. The van der Waals surface area contributed by atoms with Crippen molar-refractivity contribution in [3.8, 4) is 0 Å². The molecule has 2 N–H and O–H groups in total. The van der Waals surface area contributed by atoms with E-state index >= 15 is 0 Å². The van der Waals surface area contributed by atoms with Crippen molar-refractivity contribution in [2.24, 2.45) is 0 Å². The van der Waals surface area contributed by atoms with E-state index in [0.29, 0.717) is 18.0 Å². The van der Waals surface area contributed by atoms with Crippen molar-refractivity contribution in [2.75, 3.05) is 17.3 Å². The molecule has 2 aromatic rings. The summed E-state index contributed by atoms with van der Waals surface area (Å²) in [6.07, 6.45) is 2.29. The minimum Gasteiger partial charge on any atom is -0.309 e. The average molecular weight is 394 g/mol. The van der Waals surface area contributed by atoms with Crippen LogP contribution in [0.25, 0.3) is 0 Å². The number of amides is 1. The highest BCUT2D eigenvalue weighted by Gasteiger charge is 2.25. The van der Waals surface area contributed by atoms with E-state index in [4.69, 9.17) is 0 Å². The summed E-state index contributed by atoms with van der Waals surface area (Å²) in [6.45, 7) is 3.70. The van der Waals surface area contributed by atoms with Crippen molar-refractivity contribution in [3.63, 3.8) is 0 Å². The molecule has 26 heavy (non-hydrogen) atoms. The molecule has 1 aromatic carbocycles. The van der Waals surface area contributed by atoms with Gasteiger partial charge in [0.05, 0.1) is 4.90 Å². The molecule has 1 aromatic heterocycles. The Labute approximate surface area is 158 Å². The van der Waals surface area contributed by atoms with Crippen molar-refractivity contribution in [2.45, 2.75) is 31.2 Å². The maximum Gasteiger partial charge on any atom is 0.243 e. The number of hydrogen-bond donors (Lipinski definition) is 2. The van der Waals surface area contributed by atoms with Crippen LogP contribution >= 0.6 is 11.8 Å². The number of carbonyl (C=O) groups is 1. The lowest BCUT2D eigenvalue weighted by molar-refractivity contribution is -0.117. The summed E-state index contributed by atoms with van der Waals surface area (Å²) >= 11 is 1.55. The van der Waals surface area contributed by atoms with Gasteiger partial charge in [-0.05, 0) is 56.5 Å². The van der Waals surface area contributed by atoms with E-state index in [1.165, 1.54) is 12.1 Å². The fourth-order valence-electron chi connectivity index (χ4n) is 2.28. The Morgan fingerprint density at radius 3 is 2.46 bits per heavy atom. The Morgan fingerprint density at radius 2 is 1.85 bits per heavy atom. The Morgan fingerprint density at radius 1 is 1.15 bits per heavy atom. The first-order chi connectivity index (χ1) is 12.3. The summed E-state index contributed by atoms with van der Waals surface area (Å²) in [5, 5.41) is 2.69. The van der Waals surface area contributed by atoms with Gasteiger partial charge in [-0.25, -0.2) is 13.4 Å². The van der Waals surface area contributed by atoms with Crippen molar-refractivity contribution < 1.29 is 13.2 Å². The fraction of sp³-hybridized carbons (Fsp3) is 0.333. The smallest absolute Gasteiger partial charge is 0.243 e. The molecule has 0 aliphatic heterocycles. The number of aryl methyl sites for hydroxylation is 2. The highest BCUT2D eigenvalue weighted by molar-refractivity contribution is 7.98. The molecular weight excluding hydrogens is 370 g/mol. The number of hydrogen-bond acceptors (Lipinski definition) is 5. The first-order valence-electron chi connectivity index (χ1n) is 8.14. The molecule has 0 saturated carbocycles. The minimum atomic E-state index is -3.79. The Balaban J connectivity index is 2.17. The molecule has 1 amide bonds. The Bertz CT molecular complexity index is 852. The summed E-state index contributed by atoms with van der Waals surface area (Å²) in [5.74, 6) is 0.627. The molecule has 2 rings (SSSR count). The van der Waals surface area contributed by atoms with Gasteiger partial charge in [0, 0.05) is 5.69 Å². The third-order valence-corrected chi connectivity index (χ3v) is 5.83. The van der Waals surface area contributed by atoms with Crippen LogP contribution in [0.15, 0.2) is 47.4 Å². The van der Waals surface area contributed by atoms with Gasteiger partial charge in [-0.15, -0.1) is 0 Å². The molecule has 1 unspecified atom stereocenters. The summed E-state index contributed by atoms with van der Waals surface area (Å²) in [4.78, 5) is 17.0. The maximum absolute atomic E-state index is 12.6. The topological polar surface area (TPSA) is 88.2 Å². The SMILES string of the molecule is CSCCC(NS(=O)(=O)c1ccc(C)cc1)C(=O)Nc1cccc(C)n1. The predicted octanol–water partition coefficient (Wildman–Crippen LogP) is 2.74. The van der Waals surface area contributed by atoms with E-state index in [1.807, 2.05) is 26.2 Å². The van der Waals surface area contributed by atoms with E-state index < -0.39 is 22.0 Å². The second-order valence-electron chi connectivity index (χ2n) is 5.92. The molecule has 0 radical (unpaired) electrons. The molecule has 0 bridgehead atoms. The second-order valence-corrected chi connectivity index (χ2v) is 8.62. The van der Waals surface area contributed by atoms with Crippen LogP contribution in [0.2, 0.25) is 0 Å². The average Bonchev–Trinajstić information content (AvgIpc) is 2.59. The van der Waals surface area contributed by atoms with Crippen LogP contribution in [-0.4, -0.2) is 37.4 Å². The number of benzene rings is 1. The number of anilines is 1. The van der Waals surface area contributed by atoms with Crippen LogP contribution < -0.4 is 10.0 Å². The quantitative estimate of drug-likeness (QED) is 0.720. The number of nitrogens with one attached hydrogen (secondary N) is 2. The van der Waals surface area contributed by atoms with Crippen LogP contribution in [0.5, 0.6) is 0 Å². The molecule has 1 atom stereocenters. The summed E-state index contributed by atoms with van der Waals surface area (Å²) in [7, 11) is -3.79. The molecule has 140 valence electrons. The summed E-state index contributed by atoms with van der Waals surface area (Å²) in [5.41, 5.74) is 1.73. The van der Waals surface area contributed by atoms with Gasteiger partial charge in [0.2, 0.25) is 15.9 Å². The van der Waals surface area contributed by atoms with E-state index in [9.17, 15) is 13.2 Å². The molecule has 0 fully saturated rings. The second kappa shape index (κ2) is 9.16. The summed E-state index contributed by atoms with van der Waals surface area (Å²) < 4.78 is 27.7. The lowest BCUT2D eigenvalue weighted by atomic mass is 10.2.